The summed E-state index contributed by atoms with van der Waals surface area (Å²) >= 11 is 2.04. The third-order valence-electron chi connectivity index (χ3n) is 5.73. The zero-order chi connectivity index (χ0) is 19.6. The molecule has 0 bridgehead atoms. The molecule has 2 aliphatic heterocycles. The van der Waals surface area contributed by atoms with Crippen LogP contribution >= 0.6 is 11.8 Å². The van der Waals surface area contributed by atoms with Crippen molar-refractivity contribution in [2.24, 2.45) is 0 Å². The number of rotatable bonds is 5. The van der Waals surface area contributed by atoms with Crippen LogP contribution in [0.15, 0.2) is 42.7 Å². The SMILES string of the molecule is CCN1CNc2cc3c(NCc4ccccc4N4CCSCC4)ncnc3cc21. The first-order valence-corrected chi connectivity index (χ1v) is 11.4. The fourth-order valence-corrected chi connectivity index (χ4v) is 5.04. The van der Waals surface area contributed by atoms with Gasteiger partial charge in [-0.05, 0) is 30.7 Å². The largest absolute Gasteiger partial charge is 0.370 e. The maximum absolute atomic E-state index is 4.55. The third kappa shape index (κ3) is 3.55. The van der Waals surface area contributed by atoms with Crippen LogP contribution in [0.1, 0.15) is 12.5 Å². The smallest absolute Gasteiger partial charge is 0.137 e. The summed E-state index contributed by atoms with van der Waals surface area (Å²) in [6.07, 6.45) is 1.66. The molecule has 7 heteroatoms. The highest BCUT2D eigenvalue weighted by Crippen LogP contribution is 2.36. The van der Waals surface area contributed by atoms with Gasteiger partial charge in [0.2, 0.25) is 0 Å². The van der Waals surface area contributed by atoms with Crippen molar-refractivity contribution in [1.29, 1.82) is 0 Å². The average molecular weight is 407 g/mol. The lowest BCUT2D eigenvalue weighted by molar-refractivity contribution is 0.849. The van der Waals surface area contributed by atoms with Crippen molar-refractivity contribution in [2.45, 2.75) is 13.5 Å². The van der Waals surface area contributed by atoms with Gasteiger partial charge in [-0.15, -0.1) is 0 Å². The van der Waals surface area contributed by atoms with Gasteiger partial charge in [-0.1, -0.05) is 18.2 Å². The minimum atomic E-state index is 0.748. The van der Waals surface area contributed by atoms with Gasteiger partial charge in [0, 0.05) is 48.8 Å². The first-order chi connectivity index (χ1) is 14.3. The van der Waals surface area contributed by atoms with Gasteiger partial charge in [0.1, 0.15) is 12.1 Å². The molecule has 1 saturated heterocycles. The van der Waals surface area contributed by atoms with Crippen molar-refractivity contribution in [1.82, 2.24) is 9.97 Å². The Bertz CT molecular complexity index is 1020. The van der Waals surface area contributed by atoms with Crippen LogP contribution in [0.5, 0.6) is 0 Å². The van der Waals surface area contributed by atoms with E-state index in [4.69, 9.17) is 0 Å². The second-order valence-corrected chi connectivity index (χ2v) is 8.61. The van der Waals surface area contributed by atoms with Gasteiger partial charge >= 0.3 is 0 Å². The molecule has 5 rings (SSSR count). The lowest BCUT2D eigenvalue weighted by atomic mass is 10.1. The van der Waals surface area contributed by atoms with Crippen LogP contribution in [-0.4, -0.2) is 47.8 Å². The summed E-state index contributed by atoms with van der Waals surface area (Å²) in [6, 6.07) is 13.0. The summed E-state index contributed by atoms with van der Waals surface area (Å²) in [5, 5.41) is 8.11. The maximum atomic E-state index is 4.55. The Kier molecular flexibility index (Phi) is 5.06. The molecule has 3 heterocycles. The average Bonchev–Trinajstić information content (AvgIpc) is 3.19. The highest BCUT2D eigenvalue weighted by molar-refractivity contribution is 7.99. The molecule has 0 aliphatic carbocycles. The van der Waals surface area contributed by atoms with Gasteiger partial charge in [0.15, 0.2) is 0 Å². The monoisotopic (exact) mass is 406 g/mol. The van der Waals surface area contributed by atoms with E-state index in [1.165, 1.54) is 28.4 Å². The summed E-state index contributed by atoms with van der Waals surface area (Å²) < 4.78 is 0. The van der Waals surface area contributed by atoms with Crippen molar-refractivity contribution in [3.05, 3.63) is 48.3 Å². The van der Waals surface area contributed by atoms with Crippen molar-refractivity contribution in [3.8, 4) is 0 Å². The van der Waals surface area contributed by atoms with Crippen molar-refractivity contribution in [3.63, 3.8) is 0 Å². The van der Waals surface area contributed by atoms with Gasteiger partial charge < -0.3 is 20.4 Å². The molecule has 0 saturated carbocycles. The Morgan fingerprint density at radius 1 is 1.10 bits per heavy atom. The van der Waals surface area contributed by atoms with Gasteiger partial charge in [0.05, 0.1) is 23.6 Å². The van der Waals surface area contributed by atoms with E-state index in [1.807, 2.05) is 11.8 Å². The van der Waals surface area contributed by atoms with Crippen LogP contribution in [0.3, 0.4) is 0 Å². The summed E-state index contributed by atoms with van der Waals surface area (Å²) in [5.74, 6) is 3.29. The number of aromatic nitrogens is 2. The lowest BCUT2D eigenvalue weighted by Gasteiger charge is -2.30. The predicted octanol–water partition coefficient (Wildman–Crippen LogP) is 4.00. The first-order valence-electron chi connectivity index (χ1n) is 10.3. The molecular weight excluding hydrogens is 380 g/mol. The molecule has 2 aromatic carbocycles. The topological polar surface area (TPSA) is 56.3 Å². The number of fused-ring (bicyclic) bond motifs is 2. The summed E-state index contributed by atoms with van der Waals surface area (Å²) in [4.78, 5) is 13.9. The lowest BCUT2D eigenvalue weighted by Crippen LogP contribution is -2.33. The van der Waals surface area contributed by atoms with E-state index in [1.54, 1.807) is 6.33 Å². The second kappa shape index (κ2) is 7.99. The summed E-state index contributed by atoms with van der Waals surface area (Å²) in [5.41, 5.74) is 5.99. The Morgan fingerprint density at radius 2 is 1.97 bits per heavy atom. The van der Waals surface area contributed by atoms with Crippen LogP contribution in [0.25, 0.3) is 10.9 Å². The quantitative estimate of drug-likeness (QED) is 0.664. The Morgan fingerprint density at radius 3 is 2.83 bits per heavy atom. The highest BCUT2D eigenvalue weighted by Gasteiger charge is 2.19. The zero-order valence-corrected chi connectivity index (χ0v) is 17.5. The molecular formula is C22H26N6S. The van der Waals surface area contributed by atoms with Gasteiger partial charge in [-0.25, -0.2) is 9.97 Å². The molecule has 6 nitrogen and oxygen atoms in total. The maximum Gasteiger partial charge on any atom is 0.137 e. The third-order valence-corrected chi connectivity index (χ3v) is 6.67. The molecule has 1 fully saturated rings. The van der Waals surface area contributed by atoms with E-state index < -0.39 is 0 Å². The van der Waals surface area contributed by atoms with Crippen LogP contribution in [-0.2, 0) is 6.54 Å². The van der Waals surface area contributed by atoms with Gasteiger partial charge in [0.25, 0.3) is 0 Å². The van der Waals surface area contributed by atoms with Gasteiger partial charge in [-0.3, -0.25) is 0 Å². The van der Waals surface area contributed by atoms with Crippen molar-refractivity contribution < 1.29 is 0 Å². The Balaban J connectivity index is 1.42. The molecule has 0 spiro atoms. The van der Waals surface area contributed by atoms with E-state index in [0.29, 0.717) is 0 Å². The fraction of sp³-hybridized carbons (Fsp3) is 0.364. The number of hydrogen-bond acceptors (Lipinski definition) is 7. The van der Waals surface area contributed by atoms with Gasteiger partial charge in [-0.2, -0.15) is 11.8 Å². The predicted molar refractivity (Wildman–Crippen MR) is 124 cm³/mol. The minimum absolute atomic E-state index is 0.748. The highest BCUT2D eigenvalue weighted by atomic mass is 32.2. The molecule has 0 amide bonds. The Hall–Kier alpha value is -2.67. The summed E-state index contributed by atoms with van der Waals surface area (Å²) in [7, 11) is 0. The van der Waals surface area contributed by atoms with Crippen LogP contribution in [0.4, 0.5) is 22.9 Å². The molecule has 29 heavy (non-hydrogen) atoms. The van der Waals surface area contributed by atoms with Crippen LogP contribution in [0.2, 0.25) is 0 Å². The van der Waals surface area contributed by atoms with Crippen LogP contribution in [0, 0.1) is 0 Å². The number of para-hydroxylation sites is 1. The first kappa shape index (κ1) is 18.4. The molecule has 2 aliphatic rings. The normalized spacial score (nSPS) is 16.0. The van der Waals surface area contributed by atoms with E-state index in [9.17, 15) is 0 Å². The fourth-order valence-electron chi connectivity index (χ4n) is 4.14. The number of anilines is 4. The molecule has 150 valence electrons. The standard InChI is InChI=1S/C22H26N6S/c1-2-27-15-26-19-11-17-18(12-21(19)27)24-14-25-22(17)23-13-16-5-3-4-6-20(16)28-7-9-29-10-8-28/h3-6,11-12,14,26H,2,7-10,13,15H2,1H3,(H,23,24,25). The number of thioether (sulfide) groups is 1. The molecule has 0 unspecified atom stereocenters. The van der Waals surface area contributed by atoms with Crippen LogP contribution < -0.4 is 20.4 Å². The van der Waals surface area contributed by atoms with Crippen molar-refractivity contribution in [2.75, 3.05) is 58.2 Å². The number of nitrogens with zero attached hydrogens (tertiary/aromatic N) is 4. The molecule has 2 N–H and O–H groups in total. The van der Waals surface area contributed by atoms with E-state index in [0.717, 1.165) is 55.3 Å². The van der Waals surface area contributed by atoms with E-state index >= 15 is 0 Å². The second-order valence-electron chi connectivity index (χ2n) is 7.38. The van der Waals surface area contributed by atoms with E-state index in [2.05, 4.69) is 73.7 Å². The summed E-state index contributed by atoms with van der Waals surface area (Å²) in [6.45, 7) is 6.98. The Labute approximate surface area is 175 Å². The number of hydrogen-bond donors (Lipinski definition) is 2. The number of nitrogens with one attached hydrogen (secondary N) is 2. The minimum Gasteiger partial charge on any atom is -0.370 e. The molecule has 1 aromatic heterocycles. The molecule has 3 aromatic rings. The van der Waals surface area contributed by atoms with E-state index in [-0.39, 0.29) is 0 Å². The van der Waals surface area contributed by atoms with Crippen molar-refractivity contribution >= 4 is 45.5 Å². The molecule has 0 radical (unpaired) electrons. The zero-order valence-electron chi connectivity index (χ0n) is 16.7. The molecule has 0 atom stereocenters. The number of benzene rings is 2.